The summed E-state index contributed by atoms with van der Waals surface area (Å²) >= 11 is 0. The highest BCUT2D eigenvalue weighted by molar-refractivity contribution is 5.68. The van der Waals surface area contributed by atoms with Crippen LogP contribution in [-0.4, -0.2) is 0 Å². The maximum Gasteiger partial charge on any atom is 0.417 e. The van der Waals surface area contributed by atoms with E-state index >= 15 is 0 Å². The minimum absolute atomic E-state index is 0.260. The number of benzene rings is 2. The Kier molecular flexibility index (Phi) is 6.62. The summed E-state index contributed by atoms with van der Waals surface area (Å²) in [4.78, 5) is 0. The van der Waals surface area contributed by atoms with Crippen LogP contribution in [0.1, 0.15) is 75.3 Å². The lowest BCUT2D eigenvalue weighted by atomic mass is 9.77. The monoisotopic (exact) mass is 374 g/mol. The Morgan fingerprint density at radius 3 is 2.15 bits per heavy atom. The molecule has 2 aromatic carbocycles. The van der Waals surface area contributed by atoms with Gasteiger partial charge in [-0.15, -0.1) is 0 Å². The maximum absolute atomic E-state index is 13.3. The van der Waals surface area contributed by atoms with Crippen molar-refractivity contribution in [1.29, 1.82) is 0 Å². The van der Waals surface area contributed by atoms with E-state index in [0.717, 1.165) is 12.0 Å². The van der Waals surface area contributed by atoms with Crippen molar-refractivity contribution in [1.82, 2.24) is 0 Å². The summed E-state index contributed by atoms with van der Waals surface area (Å²) < 4.78 is 39.8. The van der Waals surface area contributed by atoms with Crippen molar-refractivity contribution in [3.8, 4) is 11.1 Å². The Balaban J connectivity index is 1.66. The van der Waals surface area contributed by atoms with Gasteiger partial charge in [-0.05, 0) is 60.3 Å². The quantitative estimate of drug-likeness (QED) is 0.447. The van der Waals surface area contributed by atoms with E-state index in [1.807, 2.05) is 24.3 Å². The first-order valence-corrected chi connectivity index (χ1v) is 10.3. The molecule has 0 atom stereocenters. The minimum atomic E-state index is -4.33. The van der Waals surface area contributed by atoms with Crippen molar-refractivity contribution >= 4 is 0 Å². The van der Waals surface area contributed by atoms with Crippen molar-refractivity contribution in [2.75, 3.05) is 0 Å². The van der Waals surface area contributed by atoms with Crippen LogP contribution in [0.25, 0.3) is 11.1 Å². The molecule has 0 heterocycles. The van der Waals surface area contributed by atoms with Crippen molar-refractivity contribution in [2.24, 2.45) is 5.92 Å². The molecule has 2 aromatic rings. The first kappa shape index (κ1) is 20.0. The number of rotatable bonds is 6. The van der Waals surface area contributed by atoms with Crippen LogP contribution >= 0.6 is 0 Å². The molecule has 0 radical (unpaired) electrons. The molecule has 1 saturated carbocycles. The van der Waals surface area contributed by atoms with E-state index in [9.17, 15) is 13.2 Å². The molecule has 27 heavy (non-hydrogen) atoms. The molecule has 0 spiro atoms. The van der Waals surface area contributed by atoms with Gasteiger partial charge in [-0.3, -0.25) is 0 Å². The molecule has 0 unspecified atom stereocenters. The zero-order valence-corrected chi connectivity index (χ0v) is 16.1. The van der Waals surface area contributed by atoms with Crippen LogP contribution in [0.15, 0.2) is 48.5 Å². The molecular weight excluding hydrogens is 345 g/mol. The molecule has 0 aromatic heterocycles. The largest absolute Gasteiger partial charge is 0.417 e. The van der Waals surface area contributed by atoms with Crippen LogP contribution in [0.5, 0.6) is 0 Å². The summed E-state index contributed by atoms with van der Waals surface area (Å²) in [5.41, 5.74) is 1.61. The fraction of sp³-hybridized carbons (Fsp3) is 0.500. The van der Waals surface area contributed by atoms with Gasteiger partial charge in [0.1, 0.15) is 0 Å². The lowest BCUT2D eigenvalue weighted by Gasteiger charge is -2.29. The predicted molar refractivity (Wildman–Crippen MR) is 106 cm³/mol. The molecule has 0 aliphatic heterocycles. The SMILES string of the molecule is CCCCCC1CCC(c2ccc(-c3ccccc3C(F)(F)F)cc2)CC1. The summed E-state index contributed by atoms with van der Waals surface area (Å²) in [6.45, 7) is 2.24. The van der Waals surface area contributed by atoms with Gasteiger partial charge in [-0.25, -0.2) is 0 Å². The highest BCUT2D eigenvalue weighted by Gasteiger charge is 2.33. The van der Waals surface area contributed by atoms with Gasteiger partial charge in [-0.2, -0.15) is 13.2 Å². The van der Waals surface area contributed by atoms with Crippen LogP contribution in [0.2, 0.25) is 0 Å². The van der Waals surface area contributed by atoms with E-state index in [4.69, 9.17) is 0 Å². The number of alkyl halides is 3. The van der Waals surface area contributed by atoms with Crippen molar-refractivity contribution in [3.05, 3.63) is 59.7 Å². The summed E-state index contributed by atoms with van der Waals surface area (Å²) in [5, 5.41) is 0. The van der Waals surface area contributed by atoms with E-state index in [-0.39, 0.29) is 5.56 Å². The lowest BCUT2D eigenvalue weighted by Crippen LogP contribution is -2.13. The third-order valence-corrected chi connectivity index (χ3v) is 5.99. The second-order valence-corrected chi connectivity index (χ2v) is 7.88. The molecule has 1 aliphatic rings. The molecule has 0 amide bonds. The number of halogens is 3. The summed E-state index contributed by atoms with van der Waals surface area (Å²) in [6.07, 6.45) is 5.96. The molecule has 0 nitrogen and oxygen atoms in total. The van der Waals surface area contributed by atoms with Gasteiger partial charge in [0.15, 0.2) is 0 Å². The zero-order valence-electron chi connectivity index (χ0n) is 16.1. The molecule has 1 aliphatic carbocycles. The van der Waals surface area contributed by atoms with E-state index in [0.29, 0.717) is 11.5 Å². The Morgan fingerprint density at radius 1 is 0.852 bits per heavy atom. The Morgan fingerprint density at radius 2 is 1.52 bits per heavy atom. The van der Waals surface area contributed by atoms with E-state index in [1.54, 1.807) is 12.1 Å². The van der Waals surface area contributed by atoms with Crippen molar-refractivity contribution in [3.63, 3.8) is 0 Å². The van der Waals surface area contributed by atoms with Gasteiger partial charge in [0.2, 0.25) is 0 Å². The molecule has 3 rings (SSSR count). The first-order chi connectivity index (χ1) is 13.0. The van der Waals surface area contributed by atoms with Gasteiger partial charge in [0.05, 0.1) is 5.56 Å². The average Bonchev–Trinajstić information content (AvgIpc) is 2.68. The minimum Gasteiger partial charge on any atom is -0.166 e. The van der Waals surface area contributed by atoms with Gasteiger partial charge in [0, 0.05) is 0 Å². The first-order valence-electron chi connectivity index (χ1n) is 10.3. The molecular formula is C24H29F3. The third-order valence-electron chi connectivity index (χ3n) is 5.99. The molecule has 3 heteroatoms. The van der Waals surface area contributed by atoms with Crippen LogP contribution in [0.3, 0.4) is 0 Å². The summed E-state index contributed by atoms with van der Waals surface area (Å²) in [6, 6.07) is 13.6. The fourth-order valence-corrected chi connectivity index (χ4v) is 4.38. The van der Waals surface area contributed by atoms with Gasteiger partial charge < -0.3 is 0 Å². The Labute approximate surface area is 160 Å². The van der Waals surface area contributed by atoms with Gasteiger partial charge >= 0.3 is 6.18 Å². The number of hydrogen-bond donors (Lipinski definition) is 0. The molecule has 0 bridgehead atoms. The van der Waals surface area contributed by atoms with Crippen LogP contribution in [0.4, 0.5) is 13.2 Å². The maximum atomic E-state index is 13.3. The van der Waals surface area contributed by atoms with E-state index in [1.165, 1.54) is 63.0 Å². The Hall–Kier alpha value is -1.77. The van der Waals surface area contributed by atoms with Gasteiger partial charge in [0.25, 0.3) is 0 Å². The fourth-order valence-electron chi connectivity index (χ4n) is 4.38. The molecule has 146 valence electrons. The second-order valence-electron chi connectivity index (χ2n) is 7.88. The molecule has 1 fully saturated rings. The summed E-state index contributed by atoms with van der Waals surface area (Å²) in [5.74, 6) is 1.42. The number of hydrogen-bond acceptors (Lipinski definition) is 0. The van der Waals surface area contributed by atoms with Crippen LogP contribution in [-0.2, 0) is 6.18 Å². The van der Waals surface area contributed by atoms with Crippen molar-refractivity contribution in [2.45, 2.75) is 70.4 Å². The molecule has 0 N–H and O–H groups in total. The summed E-state index contributed by atoms with van der Waals surface area (Å²) in [7, 11) is 0. The normalized spacial score (nSPS) is 20.6. The zero-order chi connectivity index (χ0) is 19.3. The highest BCUT2D eigenvalue weighted by atomic mass is 19.4. The predicted octanol–water partition coefficient (Wildman–Crippen LogP) is 8.23. The Bertz CT molecular complexity index is 707. The van der Waals surface area contributed by atoms with Crippen LogP contribution in [0, 0.1) is 5.92 Å². The van der Waals surface area contributed by atoms with Crippen molar-refractivity contribution < 1.29 is 13.2 Å². The number of unbranched alkanes of at least 4 members (excludes halogenated alkanes) is 2. The highest BCUT2D eigenvalue weighted by Crippen LogP contribution is 2.40. The standard InChI is InChI=1S/C24H29F3/c1-2-3-4-7-18-10-12-19(13-11-18)20-14-16-21(17-15-20)22-8-5-6-9-23(22)24(25,26)27/h5-6,8-9,14-19H,2-4,7,10-13H2,1H3. The van der Waals surface area contributed by atoms with Gasteiger partial charge in [-0.1, -0.05) is 75.1 Å². The van der Waals surface area contributed by atoms with E-state index < -0.39 is 11.7 Å². The average molecular weight is 374 g/mol. The lowest BCUT2D eigenvalue weighted by molar-refractivity contribution is -0.137. The molecule has 0 saturated heterocycles. The topological polar surface area (TPSA) is 0 Å². The second kappa shape index (κ2) is 8.95. The third kappa shape index (κ3) is 5.15. The van der Waals surface area contributed by atoms with E-state index in [2.05, 4.69) is 6.92 Å². The van der Waals surface area contributed by atoms with Crippen LogP contribution < -0.4 is 0 Å². The smallest absolute Gasteiger partial charge is 0.166 e.